The average molecular weight is 371 g/mol. The number of hydrogen-bond acceptors (Lipinski definition) is 3. The maximum absolute atomic E-state index is 11.8. The van der Waals surface area contributed by atoms with Gasteiger partial charge < -0.3 is 5.32 Å². The zero-order chi connectivity index (χ0) is 13.8. The first-order chi connectivity index (χ1) is 9.04. The van der Waals surface area contributed by atoms with Crippen molar-refractivity contribution in [3.8, 4) is 0 Å². The Morgan fingerprint density at radius 1 is 1.32 bits per heavy atom. The van der Waals surface area contributed by atoms with Crippen molar-refractivity contribution in [2.45, 2.75) is 6.54 Å². The first-order valence-electron chi connectivity index (χ1n) is 5.40. The number of carbonyl (C=O) groups is 1. The SMILES string of the molecule is O=C(Cn1ccc(=O)[nH]c1=O)Nc1cccc(I)c1. The van der Waals surface area contributed by atoms with Crippen molar-refractivity contribution >= 4 is 34.2 Å². The molecule has 1 amide bonds. The van der Waals surface area contributed by atoms with E-state index in [2.05, 4.69) is 32.9 Å². The van der Waals surface area contributed by atoms with Crippen molar-refractivity contribution in [2.75, 3.05) is 5.32 Å². The molecule has 0 aliphatic heterocycles. The number of aromatic amines is 1. The Morgan fingerprint density at radius 2 is 2.11 bits per heavy atom. The van der Waals surface area contributed by atoms with E-state index < -0.39 is 11.2 Å². The Labute approximate surface area is 121 Å². The van der Waals surface area contributed by atoms with Crippen molar-refractivity contribution in [3.63, 3.8) is 0 Å². The van der Waals surface area contributed by atoms with E-state index in [9.17, 15) is 14.4 Å². The summed E-state index contributed by atoms with van der Waals surface area (Å²) in [6.45, 7) is -0.152. The molecule has 0 aliphatic carbocycles. The Hall–Kier alpha value is -1.90. The molecule has 0 aliphatic rings. The van der Waals surface area contributed by atoms with Crippen LogP contribution in [0.1, 0.15) is 0 Å². The highest BCUT2D eigenvalue weighted by molar-refractivity contribution is 14.1. The summed E-state index contributed by atoms with van der Waals surface area (Å²) < 4.78 is 2.13. The van der Waals surface area contributed by atoms with Crippen LogP contribution in [0, 0.1) is 3.57 Å². The molecule has 1 aromatic heterocycles. The van der Waals surface area contributed by atoms with E-state index >= 15 is 0 Å². The third kappa shape index (κ3) is 3.78. The quantitative estimate of drug-likeness (QED) is 0.783. The number of carbonyl (C=O) groups excluding carboxylic acids is 1. The van der Waals surface area contributed by atoms with Gasteiger partial charge in [0.05, 0.1) is 0 Å². The Morgan fingerprint density at radius 3 is 2.79 bits per heavy atom. The van der Waals surface area contributed by atoms with Gasteiger partial charge in [-0.15, -0.1) is 0 Å². The molecule has 6 nitrogen and oxygen atoms in total. The summed E-state index contributed by atoms with van der Waals surface area (Å²) in [5.41, 5.74) is -0.432. The predicted molar refractivity (Wildman–Crippen MR) is 79.1 cm³/mol. The molecule has 0 saturated carbocycles. The Bertz CT molecular complexity index is 720. The van der Waals surface area contributed by atoms with Gasteiger partial charge in [-0.1, -0.05) is 6.07 Å². The van der Waals surface area contributed by atoms with Crippen molar-refractivity contribution in [1.82, 2.24) is 9.55 Å². The van der Waals surface area contributed by atoms with Crippen molar-refractivity contribution in [3.05, 3.63) is 60.9 Å². The number of amides is 1. The standard InChI is InChI=1S/C12H10IN3O3/c13-8-2-1-3-9(6-8)14-11(18)7-16-5-4-10(17)15-12(16)19/h1-6H,7H2,(H,14,18)(H,15,17,19). The fourth-order valence-electron chi connectivity index (χ4n) is 1.49. The lowest BCUT2D eigenvalue weighted by Crippen LogP contribution is -2.32. The van der Waals surface area contributed by atoms with Crippen LogP contribution in [0.2, 0.25) is 0 Å². The molecule has 0 radical (unpaired) electrons. The molecule has 2 aromatic rings. The lowest BCUT2D eigenvalue weighted by molar-refractivity contribution is -0.116. The van der Waals surface area contributed by atoms with Gasteiger partial charge in [0.25, 0.3) is 5.56 Å². The minimum atomic E-state index is -0.606. The molecule has 98 valence electrons. The van der Waals surface area contributed by atoms with E-state index in [4.69, 9.17) is 0 Å². The Kier molecular flexibility index (Phi) is 4.15. The molecule has 7 heteroatoms. The molecular formula is C12H10IN3O3. The first kappa shape index (κ1) is 13.5. The summed E-state index contributed by atoms with van der Waals surface area (Å²) in [6.07, 6.45) is 1.29. The van der Waals surface area contributed by atoms with Crippen molar-refractivity contribution in [1.29, 1.82) is 0 Å². The molecule has 1 heterocycles. The highest BCUT2D eigenvalue weighted by Gasteiger charge is 2.05. The lowest BCUT2D eigenvalue weighted by Gasteiger charge is -2.07. The van der Waals surface area contributed by atoms with Gasteiger partial charge in [0, 0.05) is 21.5 Å². The zero-order valence-electron chi connectivity index (χ0n) is 9.72. The van der Waals surface area contributed by atoms with Gasteiger partial charge in [-0.2, -0.15) is 0 Å². The van der Waals surface area contributed by atoms with Crippen LogP contribution < -0.4 is 16.6 Å². The molecule has 0 unspecified atom stereocenters. The molecule has 0 bridgehead atoms. The third-order valence-corrected chi connectivity index (χ3v) is 2.99. The fraction of sp³-hybridized carbons (Fsp3) is 0.0833. The van der Waals surface area contributed by atoms with Crippen LogP contribution in [0.3, 0.4) is 0 Å². The largest absolute Gasteiger partial charge is 0.328 e. The third-order valence-electron chi connectivity index (χ3n) is 2.32. The molecule has 19 heavy (non-hydrogen) atoms. The average Bonchev–Trinajstić information content (AvgIpc) is 2.33. The van der Waals surface area contributed by atoms with E-state index in [0.717, 1.165) is 8.14 Å². The van der Waals surface area contributed by atoms with Crippen molar-refractivity contribution in [2.24, 2.45) is 0 Å². The van der Waals surface area contributed by atoms with E-state index in [1.807, 2.05) is 18.2 Å². The number of hydrogen-bond donors (Lipinski definition) is 2. The van der Waals surface area contributed by atoms with Crippen LogP contribution in [-0.4, -0.2) is 15.5 Å². The molecule has 2 N–H and O–H groups in total. The topological polar surface area (TPSA) is 84.0 Å². The number of benzene rings is 1. The van der Waals surface area contributed by atoms with Gasteiger partial charge in [-0.3, -0.25) is 19.1 Å². The van der Waals surface area contributed by atoms with E-state index in [1.54, 1.807) is 6.07 Å². The van der Waals surface area contributed by atoms with Gasteiger partial charge in [0.2, 0.25) is 5.91 Å². The van der Waals surface area contributed by atoms with Crippen LogP contribution in [0.4, 0.5) is 5.69 Å². The summed E-state index contributed by atoms with van der Waals surface area (Å²) >= 11 is 2.14. The van der Waals surface area contributed by atoms with Crippen molar-refractivity contribution < 1.29 is 4.79 Å². The van der Waals surface area contributed by atoms with Gasteiger partial charge in [-0.25, -0.2) is 4.79 Å². The molecule has 0 atom stereocenters. The molecule has 0 saturated heterocycles. The molecule has 0 fully saturated rings. The smallest absolute Gasteiger partial charge is 0.325 e. The fourth-order valence-corrected chi connectivity index (χ4v) is 2.03. The molecule has 2 rings (SSSR count). The van der Waals surface area contributed by atoms with E-state index in [1.165, 1.54) is 12.3 Å². The van der Waals surface area contributed by atoms with E-state index in [0.29, 0.717) is 5.69 Å². The maximum Gasteiger partial charge on any atom is 0.328 e. The van der Waals surface area contributed by atoms with Crippen LogP contribution >= 0.6 is 22.6 Å². The molecule has 0 spiro atoms. The maximum atomic E-state index is 11.8. The molecular weight excluding hydrogens is 361 g/mol. The number of nitrogens with one attached hydrogen (secondary N) is 2. The van der Waals surface area contributed by atoms with Crippen LogP contribution in [0.15, 0.2) is 46.1 Å². The van der Waals surface area contributed by atoms with Gasteiger partial charge in [-0.05, 0) is 40.8 Å². The van der Waals surface area contributed by atoms with Gasteiger partial charge in [0.15, 0.2) is 0 Å². The molecule has 1 aromatic carbocycles. The Balaban J connectivity index is 2.09. The predicted octanol–water partition coefficient (Wildman–Crippen LogP) is 0.780. The first-order valence-corrected chi connectivity index (χ1v) is 6.48. The summed E-state index contributed by atoms with van der Waals surface area (Å²) in [4.78, 5) is 36.1. The summed E-state index contributed by atoms with van der Waals surface area (Å²) in [5, 5.41) is 2.68. The number of anilines is 1. The normalized spacial score (nSPS) is 10.2. The highest BCUT2D eigenvalue weighted by atomic mass is 127. The number of nitrogens with zero attached hydrogens (tertiary/aromatic N) is 1. The lowest BCUT2D eigenvalue weighted by atomic mass is 10.3. The number of rotatable bonds is 3. The second-order valence-electron chi connectivity index (χ2n) is 3.80. The monoisotopic (exact) mass is 371 g/mol. The minimum absolute atomic E-state index is 0.152. The summed E-state index contributed by atoms with van der Waals surface area (Å²) in [5.74, 6) is -0.337. The van der Waals surface area contributed by atoms with Gasteiger partial charge >= 0.3 is 5.69 Å². The summed E-state index contributed by atoms with van der Waals surface area (Å²) in [6, 6.07) is 8.50. The highest BCUT2D eigenvalue weighted by Crippen LogP contribution is 2.12. The number of halogens is 1. The number of H-pyrrole nitrogens is 1. The zero-order valence-corrected chi connectivity index (χ0v) is 11.9. The number of aromatic nitrogens is 2. The van der Waals surface area contributed by atoms with Crippen LogP contribution in [-0.2, 0) is 11.3 Å². The van der Waals surface area contributed by atoms with Crippen LogP contribution in [0.25, 0.3) is 0 Å². The second kappa shape index (κ2) is 5.83. The van der Waals surface area contributed by atoms with Gasteiger partial charge in [0.1, 0.15) is 6.54 Å². The summed E-state index contributed by atoms with van der Waals surface area (Å²) in [7, 11) is 0. The minimum Gasteiger partial charge on any atom is -0.325 e. The van der Waals surface area contributed by atoms with E-state index in [-0.39, 0.29) is 12.5 Å². The van der Waals surface area contributed by atoms with Crippen LogP contribution in [0.5, 0.6) is 0 Å². The second-order valence-corrected chi connectivity index (χ2v) is 5.04.